The maximum Gasteiger partial charge on any atom is 0.436 e. The van der Waals surface area contributed by atoms with Crippen LogP contribution in [-0.4, -0.2) is 41.0 Å². The van der Waals surface area contributed by atoms with Crippen LogP contribution in [0.3, 0.4) is 0 Å². The number of nitrogens with one attached hydrogen (secondary N) is 2. The van der Waals surface area contributed by atoms with Gasteiger partial charge in [-0.1, -0.05) is 6.07 Å². The standard InChI is InChI=1S/C26H29N3O5S/c1-2-34-25(33)29(24(32)21-6-7-35-15-21)28-23(31)20-5-3-4-19(11-20)22(30)27-26-12-16-8-17(13-26)10-18(9-16)14-26/h3-7,11,15-18H,2,8-10,12-14H2,1H3,(H,27,30)(H,28,31). The first-order valence-corrected chi connectivity index (χ1v) is 13.1. The lowest BCUT2D eigenvalue weighted by Gasteiger charge is -2.56. The average molecular weight is 496 g/mol. The Morgan fingerprint density at radius 2 is 1.60 bits per heavy atom. The van der Waals surface area contributed by atoms with Gasteiger partial charge in [-0.05, 0) is 92.8 Å². The Morgan fingerprint density at radius 1 is 0.971 bits per heavy atom. The molecule has 2 N–H and O–H groups in total. The molecule has 4 aliphatic rings. The minimum atomic E-state index is -0.979. The van der Waals surface area contributed by atoms with Gasteiger partial charge < -0.3 is 10.1 Å². The number of benzene rings is 1. The van der Waals surface area contributed by atoms with Gasteiger partial charge in [0.15, 0.2) is 0 Å². The fourth-order valence-electron chi connectivity index (χ4n) is 6.43. The number of imide groups is 1. The summed E-state index contributed by atoms with van der Waals surface area (Å²) in [5, 5.41) is 7.16. The van der Waals surface area contributed by atoms with Crippen molar-refractivity contribution in [2.24, 2.45) is 17.8 Å². The minimum absolute atomic E-state index is 0.0437. The first-order chi connectivity index (χ1) is 16.9. The molecule has 4 bridgehead atoms. The van der Waals surface area contributed by atoms with E-state index in [9.17, 15) is 19.2 Å². The number of nitrogens with zero attached hydrogens (tertiary/aromatic N) is 1. The van der Waals surface area contributed by atoms with Crippen LogP contribution in [0, 0.1) is 17.8 Å². The van der Waals surface area contributed by atoms with Crippen molar-refractivity contribution >= 4 is 35.2 Å². The molecule has 2 aromatic rings. The van der Waals surface area contributed by atoms with Crippen molar-refractivity contribution in [3.8, 4) is 0 Å². The summed E-state index contributed by atoms with van der Waals surface area (Å²) >= 11 is 1.30. The number of carbonyl (C=O) groups excluding carboxylic acids is 4. The Bertz CT molecular complexity index is 1110. The van der Waals surface area contributed by atoms with Crippen LogP contribution in [0.5, 0.6) is 0 Å². The largest absolute Gasteiger partial charge is 0.448 e. The molecule has 4 aliphatic carbocycles. The molecule has 1 aromatic carbocycles. The Labute approximate surface area is 208 Å². The summed E-state index contributed by atoms with van der Waals surface area (Å²) in [6.07, 6.45) is 5.97. The first kappa shape index (κ1) is 23.5. The van der Waals surface area contributed by atoms with Gasteiger partial charge in [-0.25, -0.2) is 4.79 Å². The summed E-state index contributed by atoms with van der Waals surface area (Å²) < 4.78 is 4.95. The highest BCUT2D eigenvalue weighted by molar-refractivity contribution is 7.08. The average Bonchev–Trinajstić information content (AvgIpc) is 3.36. The Hall–Kier alpha value is -3.20. The van der Waals surface area contributed by atoms with Crippen molar-refractivity contribution in [2.45, 2.75) is 51.0 Å². The monoisotopic (exact) mass is 495 g/mol. The first-order valence-electron chi connectivity index (χ1n) is 12.1. The van der Waals surface area contributed by atoms with Crippen LogP contribution in [0.2, 0.25) is 0 Å². The predicted octanol–water partition coefficient (Wildman–Crippen LogP) is 4.39. The van der Waals surface area contributed by atoms with Crippen LogP contribution in [-0.2, 0) is 4.74 Å². The van der Waals surface area contributed by atoms with Crippen molar-refractivity contribution in [3.63, 3.8) is 0 Å². The smallest absolute Gasteiger partial charge is 0.436 e. The SMILES string of the molecule is CCOC(=O)N(NC(=O)c1cccc(C(=O)NC23CC4CC(CC(C4)C2)C3)c1)C(=O)c1ccsc1. The van der Waals surface area contributed by atoms with Gasteiger partial charge >= 0.3 is 6.09 Å². The molecule has 0 atom stereocenters. The third kappa shape index (κ3) is 4.82. The number of hydrogen-bond acceptors (Lipinski definition) is 6. The number of hydrogen-bond donors (Lipinski definition) is 2. The lowest BCUT2D eigenvalue weighted by atomic mass is 9.53. The lowest BCUT2D eigenvalue weighted by Crippen LogP contribution is -2.59. The van der Waals surface area contributed by atoms with E-state index in [0.29, 0.717) is 28.3 Å². The summed E-state index contributed by atoms with van der Waals surface area (Å²) in [5.74, 6) is 0.521. The van der Waals surface area contributed by atoms with Gasteiger partial charge in [0.05, 0.1) is 12.2 Å². The fourth-order valence-corrected chi connectivity index (χ4v) is 7.06. The Balaban J connectivity index is 1.30. The highest BCUT2D eigenvalue weighted by Crippen LogP contribution is 2.55. The summed E-state index contributed by atoms with van der Waals surface area (Å²) in [6.45, 7) is 1.65. The van der Waals surface area contributed by atoms with Crippen LogP contribution in [0.25, 0.3) is 0 Å². The molecular weight excluding hydrogens is 466 g/mol. The maximum atomic E-state index is 13.2. The predicted molar refractivity (Wildman–Crippen MR) is 130 cm³/mol. The maximum absolute atomic E-state index is 13.2. The molecule has 4 fully saturated rings. The molecule has 8 nitrogen and oxygen atoms in total. The van der Waals surface area contributed by atoms with Crippen molar-refractivity contribution in [1.29, 1.82) is 0 Å². The second-order valence-electron chi connectivity index (χ2n) is 10.0. The summed E-state index contributed by atoms with van der Waals surface area (Å²) in [5.41, 5.74) is 3.00. The number of rotatable bonds is 5. The van der Waals surface area contributed by atoms with Gasteiger partial charge in [0.2, 0.25) is 0 Å². The minimum Gasteiger partial charge on any atom is -0.448 e. The quantitative estimate of drug-likeness (QED) is 0.599. The van der Waals surface area contributed by atoms with Crippen LogP contribution in [0.1, 0.15) is 76.5 Å². The summed E-state index contributed by atoms with van der Waals surface area (Å²) in [7, 11) is 0. The molecule has 1 heterocycles. The Morgan fingerprint density at radius 3 is 2.17 bits per heavy atom. The van der Waals surface area contributed by atoms with E-state index in [1.165, 1.54) is 42.7 Å². The van der Waals surface area contributed by atoms with E-state index >= 15 is 0 Å². The summed E-state index contributed by atoms with van der Waals surface area (Å²) in [6, 6.07) is 7.88. The van der Waals surface area contributed by atoms with E-state index < -0.39 is 17.9 Å². The molecule has 0 radical (unpaired) electrons. The van der Waals surface area contributed by atoms with E-state index in [0.717, 1.165) is 19.3 Å². The highest BCUT2D eigenvalue weighted by atomic mass is 32.1. The number of carbonyl (C=O) groups is 4. The van der Waals surface area contributed by atoms with Gasteiger partial charge in [0, 0.05) is 22.0 Å². The zero-order valence-corrected chi connectivity index (χ0v) is 20.4. The molecule has 4 amide bonds. The zero-order valence-electron chi connectivity index (χ0n) is 19.6. The number of thiophene rings is 1. The molecule has 9 heteroatoms. The van der Waals surface area contributed by atoms with Crippen LogP contribution in [0.15, 0.2) is 41.1 Å². The van der Waals surface area contributed by atoms with E-state index in [4.69, 9.17) is 4.74 Å². The molecule has 0 saturated heterocycles. The Kier molecular flexibility index (Phi) is 6.35. The van der Waals surface area contributed by atoms with Gasteiger partial charge in [-0.2, -0.15) is 11.3 Å². The zero-order chi connectivity index (χ0) is 24.6. The molecule has 6 rings (SSSR count). The normalized spacial score (nSPS) is 26.1. The topological polar surface area (TPSA) is 105 Å². The molecule has 0 aliphatic heterocycles. The van der Waals surface area contributed by atoms with Crippen molar-refractivity contribution in [3.05, 3.63) is 57.8 Å². The highest BCUT2D eigenvalue weighted by Gasteiger charge is 2.51. The van der Waals surface area contributed by atoms with Crippen molar-refractivity contribution in [1.82, 2.24) is 15.8 Å². The molecule has 0 spiro atoms. The molecular formula is C26H29N3O5S. The van der Waals surface area contributed by atoms with Gasteiger partial charge in [0.1, 0.15) is 0 Å². The third-order valence-corrected chi connectivity index (χ3v) is 8.12. The fraction of sp³-hybridized carbons (Fsp3) is 0.462. The number of ether oxygens (including phenoxy) is 1. The molecule has 35 heavy (non-hydrogen) atoms. The second-order valence-corrected chi connectivity index (χ2v) is 10.8. The lowest BCUT2D eigenvalue weighted by molar-refractivity contribution is -0.0167. The van der Waals surface area contributed by atoms with Gasteiger partial charge in [0.25, 0.3) is 17.7 Å². The van der Waals surface area contributed by atoms with Crippen molar-refractivity contribution < 1.29 is 23.9 Å². The van der Waals surface area contributed by atoms with Crippen molar-refractivity contribution in [2.75, 3.05) is 6.61 Å². The van der Waals surface area contributed by atoms with Gasteiger partial charge in [-0.3, -0.25) is 19.8 Å². The molecule has 0 unspecified atom stereocenters. The number of hydrazine groups is 1. The summed E-state index contributed by atoms with van der Waals surface area (Å²) in [4.78, 5) is 51.3. The van der Waals surface area contributed by atoms with E-state index in [2.05, 4.69) is 10.7 Å². The van der Waals surface area contributed by atoms with E-state index in [1.807, 2.05) is 0 Å². The second kappa shape index (κ2) is 9.45. The molecule has 184 valence electrons. The van der Waals surface area contributed by atoms with Crippen LogP contribution in [0.4, 0.5) is 4.79 Å². The molecule has 4 saturated carbocycles. The van der Waals surface area contributed by atoms with Crippen LogP contribution >= 0.6 is 11.3 Å². The van der Waals surface area contributed by atoms with E-state index in [-0.39, 0.29) is 29.2 Å². The third-order valence-electron chi connectivity index (χ3n) is 7.44. The number of amides is 4. The van der Waals surface area contributed by atoms with Crippen LogP contribution < -0.4 is 10.7 Å². The van der Waals surface area contributed by atoms with Gasteiger partial charge in [-0.15, -0.1) is 5.01 Å². The van der Waals surface area contributed by atoms with E-state index in [1.54, 1.807) is 35.9 Å². The molecule has 1 aromatic heterocycles.